The average molecular weight is 422 g/mol. The highest BCUT2D eigenvalue weighted by Gasteiger charge is 2.29. The highest BCUT2D eigenvalue weighted by Crippen LogP contribution is 2.28. The van der Waals surface area contributed by atoms with Gasteiger partial charge in [-0.25, -0.2) is 0 Å². The van der Waals surface area contributed by atoms with E-state index in [-0.39, 0.29) is 35.8 Å². The Morgan fingerprint density at radius 1 is 1.18 bits per heavy atom. The number of halogens is 1. The number of nitrogens with one attached hydrogen (secondary N) is 2. The number of rotatable bonds is 5. The van der Waals surface area contributed by atoms with Crippen LogP contribution in [0.2, 0.25) is 0 Å². The van der Waals surface area contributed by atoms with E-state index in [1.165, 1.54) is 6.42 Å². The molecule has 0 bridgehead atoms. The summed E-state index contributed by atoms with van der Waals surface area (Å²) in [6.45, 7) is 11.0. The number of guanidine groups is 1. The zero-order valence-electron chi connectivity index (χ0n) is 14.1. The Labute approximate surface area is 151 Å². The number of piperidine rings is 1. The minimum atomic E-state index is 0. The van der Waals surface area contributed by atoms with Crippen LogP contribution in [0.3, 0.4) is 0 Å². The van der Waals surface area contributed by atoms with Crippen LogP contribution in [0.5, 0.6) is 0 Å². The van der Waals surface area contributed by atoms with E-state index in [4.69, 9.17) is 0 Å². The molecule has 1 amide bonds. The molecule has 1 saturated heterocycles. The van der Waals surface area contributed by atoms with Gasteiger partial charge in [0.2, 0.25) is 5.91 Å². The third-order valence-electron chi connectivity index (χ3n) is 4.12. The van der Waals surface area contributed by atoms with E-state index in [1.54, 1.807) is 0 Å². The van der Waals surface area contributed by atoms with E-state index < -0.39 is 0 Å². The van der Waals surface area contributed by atoms with Gasteiger partial charge < -0.3 is 15.5 Å². The Morgan fingerprint density at radius 2 is 1.82 bits per heavy atom. The minimum absolute atomic E-state index is 0. The van der Waals surface area contributed by atoms with Crippen molar-refractivity contribution in [3.63, 3.8) is 0 Å². The summed E-state index contributed by atoms with van der Waals surface area (Å²) in [5.41, 5.74) is 0. The molecule has 0 aromatic carbocycles. The predicted molar refractivity (Wildman–Crippen MR) is 102 cm³/mol. The maximum atomic E-state index is 11.6. The van der Waals surface area contributed by atoms with Crippen LogP contribution in [0.15, 0.2) is 4.99 Å². The van der Waals surface area contributed by atoms with Crippen LogP contribution in [-0.4, -0.2) is 49.5 Å². The van der Waals surface area contributed by atoms with Gasteiger partial charge in [0.1, 0.15) is 0 Å². The second kappa shape index (κ2) is 9.57. The lowest BCUT2D eigenvalue weighted by molar-refractivity contribution is -0.122. The zero-order chi connectivity index (χ0) is 15.2. The lowest BCUT2D eigenvalue weighted by Crippen LogP contribution is -2.48. The molecule has 2 fully saturated rings. The van der Waals surface area contributed by atoms with E-state index in [0.717, 1.165) is 38.4 Å². The van der Waals surface area contributed by atoms with Crippen molar-refractivity contribution in [1.82, 2.24) is 15.5 Å². The van der Waals surface area contributed by atoms with Crippen LogP contribution in [0.1, 0.15) is 40.0 Å². The van der Waals surface area contributed by atoms with Crippen molar-refractivity contribution in [2.24, 2.45) is 22.7 Å². The largest absolute Gasteiger partial charge is 0.357 e. The molecule has 0 radical (unpaired) electrons. The van der Waals surface area contributed by atoms with Gasteiger partial charge in [0.15, 0.2) is 5.96 Å². The van der Waals surface area contributed by atoms with E-state index in [2.05, 4.69) is 41.3 Å². The summed E-state index contributed by atoms with van der Waals surface area (Å²) in [5.74, 6) is 2.91. The van der Waals surface area contributed by atoms with E-state index in [9.17, 15) is 4.79 Å². The van der Waals surface area contributed by atoms with Gasteiger partial charge in [-0.1, -0.05) is 13.8 Å². The number of nitrogens with zero attached hydrogens (tertiary/aromatic N) is 2. The lowest BCUT2D eigenvalue weighted by atomic mass is 9.92. The third-order valence-corrected chi connectivity index (χ3v) is 4.12. The normalized spacial score (nSPS) is 25.4. The monoisotopic (exact) mass is 422 g/mol. The van der Waals surface area contributed by atoms with Crippen LogP contribution >= 0.6 is 24.0 Å². The quantitative estimate of drug-likeness (QED) is 0.309. The molecule has 2 unspecified atom stereocenters. The van der Waals surface area contributed by atoms with E-state index in [0.29, 0.717) is 24.9 Å². The number of carbonyl (C=O) groups excluding carboxylic acids is 1. The standard InChI is InChI=1S/C16H30N4O.HI/c1-4-17-16(20-10-12(2)9-13(3)11-20)19-8-7-18-15(21)14-5-6-14;/h12-14H,4-11H2,1-3H3,(H,17,19)(H,18,21);1H. The van der Waals surface area contributed by atoms with Crippen molar-refractivity contribution < 1.29 is 4.79 Å². The fourth-order valence-electron chi connectivity index (χ4n) is 3.09. The van der Waals surface area contributed by atoms with Crippen molar-refractivity contribution in [2.75, 3.05) is 32.7 Å². The van der Waals surface area contributed by atoms with Crippen LogP contribution < -0.4 is 10.6 Å². The second-order valence-electron chi connectivity index (χ2n) is 6.65. The fourth-order valence-corrected chi connectivity index (χ4v) is 3.09. The average Bonchev–Trinajstić information content (AvgIpc) is 3.25. The number of hydrogen-bond donors (Lipinski definition) is 2. The van der Waals surface area contributed by atoms with Crippen molar-refractivity contribution >= 4 is 35.8 Å². The molecule has 1 aliphatic heterocycles. The van der Waals surface area contributed by atoms with Gasteiger partial charge in [0.25, 0.3) is 0 Å². The van der Waals surface area contributed by atoms with E-state index >= 15 is 0 Å². The smallest absolute Gasteiger partial charge is 0.223 e. The molecule has 2 aliphatic rings. The summed E-state index contributed by atoms with van der Waals surface area (Å²) in [6, 6.07) is 0. The molecule has 128 valence electrons. The second-order valence-corrected chi connectivity index (χ2v) is 6.65. The Morgan fingerprint density at radius 3 is 2.36 bits per heavy atom. The highest BCUT2D eigenvalue weighted by molar-refractivity contribution is 14.0. The van der Waals surface area contributed by atoms with Crippen LogP contribution in [0.25, 0.3) is 0 Å². The molecule has 1 saturated carbocycles. The van der Waals surface area contributed by atoms with Gasteiger partial charge in [0, 0.05) is 32.1 Å². The molecule has 0 aromatic heterocycles. The van der Waals surface area contributed by atoms with Crippen molar-refractivity contribution in [1.29, 1.82) is 0 Å². The Hall–Kier alpha value is -0.530. The summed E-state index contributed by atoms with van der Waals surface area (Å²) in [6.07, 6.45) is 3.41. The van der Waals surface area contributed by atoms with Crippen molar-refractivity contribution in [3.05, 3.63) is 0 Å². The summed E-state index contributed by atoms with van der Waals surface area (Å²) >= 11 is 0. The van der Waals surface area contributed by atoms with E-state index in [1.807, 2.05) is 0 Å². The summed E-state index contributed by atoms with van der Waals surface area (Å²) in [5, 5.41) is 6.35. The molecular weight excluding hydrogens is 391 g/mol. The predicted octanol–water partition coefficient (Wildman–Crippen LogP) is 2.07. The maximum Gasteiger partial charge on any atom is 0.223 e. The Bertz CT molecular complexity index is 374. The first kappa shape index (κ1) is 19.5. The molecule has 1 heterocycles. The van der Waals surface area contributed by atoms with Gasteiger partial charge in [0.05, 0.1) is 6.54 Å². The number of hydrogen-bond acceptors (Lipinski definition) is 2. The van der Waals surface area contributed by atoms with Crippen molar-refractivity contribution in [3.8, 4) is 0 Å². The SMILES string of the molecule is CCNC(=NCCNC(=O)C1CC1)N1CC(C)CC(C)C1.I. The zero-order valence-corrected chi connectivity index (χ0v) is 16.4. The summed E-state index contributed by atoms with van der Waals surface area (Å²) < 4.78 is 0. The van der Waals surface area contributed by atoms with Crippen molar-refractivity contribution in [2.45, 2.75) is 40.0 Å². The highest BCUT2D eigenvalue weighted by atomic mass is 127. The molecule has 1 aliphatic carbocycles. The third kappa shape index (κ3) is 6.30. The molecule has 0 aromatic rings. The molecule has 2 rings (SSSR count). The van der Waals surface area contributed by atoms with Gasteiger partial charge in [-0.3, -0.25) is 9.79 Å². The first-order chi connectivity index (χ1) is 10.1. The number of aliphatic imine (C=N–C) groups is 1. The number of carbonyl (C=O) groups is 1. The Balaban J connectivity index is 0.00000242. The van der Waals surface area contributed by atoms with Gasteiger partial charge >= 0.3 is 0 Å². The molecular formula is C16H31IN4O. The first-order valence-electron chi connectivity index (χ1n) is 8.41. The minimum Gasteiger partial charge on any atom is -0.357 e. The molecule has 6 heteroatoms. The molecule has 22 heavy (non-hydrogen) atoms. The van der Waals surface area contributed by atoms with Crippen LogP contribution in [0.4, 0.5) is 0 Å². The number of likely N-dealkylation sites (tertiary alicyclic amines) is 1. The van der Waals surface area contributed by atoms with Gasteiger partial charge in [-0.05, 0) is 38.0 Å². The lowest BCUT2D eigenvalue weighted by Gasteiger charge is -2.37. The maximum absolute atomic E-state index is 11.6. The topological polar surface area (TPSA) is 56.7 Å². The Kier molecular flexibility index (Phi) is 8.49. The van der Waals surface area contributed by atoms with Crippen LogP contribution in [-0.2, 0) is 4.79 Å². The molecule has 2 atom stereocenters. The molecule has 2 N–H and O–H groups in total. The fraction of sp³-hybridized carbons (Fsp3) is 0.875. The summed E-state index contributed by atoms with van der Waals surface area (Å²) in [7, 11) is 0. The molecule has 5 nitrogen and oxygen atoms in total. The van der Waals surface area contributed by atoms with Gasteiger partial charge in [-0.2, -0.15) is 0 Å². The summed E-state index contributed by atoms with van der Waals surface area (Å²) in [4.78, 5) is 18.6. The van der Waals surface area contributed by atoms with Crippen LogP contribution in [0, 0.1) is 17.8 Å². The number of amides is 1. The molecule has 0 spiro atoms. The first-order valence-corrected chi connectivity index (χ1v) is 8.41. The van der Waals surface area contributed by atoms with Gasteiger partial charge in [-0.15, -0.1) is 24.0 Å².